The number of benzene rings is 2. The van der Waals surface area contributed by atoms with Gasteiger partial charge in [-0.15, -0.1) is 0 Å². The van der Waals surface area contributed by atoms with E-state index in [9.17, 15) is 18.0 Å². The summed E-state index contributed by atoms with van der Waals surface area (Å²) in [6.45, 7) is 4.52. The lowest BCUT2D eigenvalue weighted by Gasteiger charge is -2.21. The molecule has 5 aromatic rings. The number of anilines is 3. The molecule has 1 amide bonds. The molecule has 0 saturated carbocycles. The highest BCUT2D eigenvalue weighted by Crippen LogP contribution is 2.35. The number of likely N-dealkylation sites (tertiary alicyclic amines) is 1. The number of imidazole rings is 1. The largest absolute Gasteiger partial charge is 0.416 e. The third kappa shape index (κ3) is 7.54. The monoisotopic (exact) mass is 654 g/mol. The molecule has 1 saturated heterocycles. The molecule has 0 radical (unpaired) electrons. The smallest absolute Gasteiger partial charge is 0.350 e. The van der Waals surface area contributed by atoms with E-state index in [2.05, 4.69) is 42.4 Å². The van der Waals surface area contributed by atoms with Gasteiger partial charge in [-0.1, -0.05) is 18.1 Å². The Kier molecular flexibility index (Phi) is 9.26. The number of halogens is 3. The molecule has 1 aliphatic rings. The molecule has 12 heteroatoms. The van der Waals surface area contributed by atoms with Gasteiger partial charge in [-0.3, -0.25) is 18.8 Å². The average Bonchev–Trinajstić information content (AvgIpc) is 3.77. The molecular formula is C36H37F3N8O. The highest BCUT2D eigenvalue weighted by atomic mass is 19.4. The lowest BCUT2D eigenvalue weighted by atomic mass is 10.0. The van der Waals surface area contributed by atoms with Gasteiger partial charge in [0.15, 0.2) is 5.65 Å². The molecule has 3 aromatic heterocycles. The first-order valence-electron chi connectivity index (χ1n) is 15.7. The molecule has 4 heterocycles. The van der Waals surface area contributed by atoms with Crippen LogP contribution in [0.4, 0.5) is 30.2 Å². The maximum atomic E-state index is 14.2. The Morgan fingerprint density at radius 3 is 2.67 bits per heavy atom. The number of nitrogens with one attached hydrogen (secondary N) is 2. The summed E-state index contributed by atoms with van der Waals surface area (Å²) in [6, 6.07) is 12.9. The van der Waals surface area contributed by atoms with Crippen molar-refractivity contribution < 1.29 is 18.0 Å². The minimum absolute atomic E-state index is 0.0811. The standard InChI is InChI=1S/C36H37F3N8O/c1-24-7-8-27(16-26(24)10-12-31-19-40-34-33(6-5-14-47(31)34)42-30-18-41-45(4)23-30)35(48)43-29-11-9-28(32(17-29)36(37,38)39)22-46-15-13-25(21-46)20-44(2)3/h5-9,11,14,16-19,23,25,42H,13,15,20-22H2,1-4H3,(H,43,48)/t25-/m0/s1. The van der Waals surface area contributed by atoms with Gasteiger partial charge in [0.05, 0.1) is 29.3 Å². The molecule has 1 fully saturated rings. The number of fused-ring (bicyclic) bond motifs is 1. The fourth-order valence-corrected chi connectivity index (χ4v) is 6.09. The number of alkyl halides is 3. The number of nitrogens with zero attached hydrogens (tertiary/aromatic N) is 6. The van der Waals surface area contributed by atoms with E-state index in [1.807, 2.05) is 57.0 Å². The van der Waals surface area contributed by atoms with Crippen LogP contribution in [0.3, 0.4) is 0 Å². The van der Waals surface area contributed by atoms with E-state index in [4.69, 9.17) is 0 Å². The molecular weight excluding hydrogens is 617 g/mol. The zero-order valence-electron chi connectivity index (χ0n) is 27.3. The Balaban J connectivity index is 1.18. The molecule has 248 valence electrons. The quantitative estimate of drug-likeness (QED) is 0.195. The summed E-state index contributed by atoms with van der Waals surface area (Å²) in [5.74, 6) is 6.21. The van der Waals surface area contributed by atoms with Crippen molar-refractivity contribution in [1.29, 1.82) is 0 Å². The van der Waals surface area contributed by atoms with Crippen molar-refractivity contribution in [2.24, 2.45) is 13.0 Å². The number of aromatic nitrogens is 4. The number of aryl methyl sites for hydroxylation is 2. The summed E-state index contributed by atoms with van der Waals surface area (Å²) in [6.07, 6.45) is 3.53. The van der Waals surface area contributed by atoms with Crippen LogP contribution in [0.5, 0.6) is 0 Å². The Hall–Kier alpha value is -5.12. The third-order valence-electron chi connectivity index (χ3n) is 8.41. The molecule has 48 heavy (non-hydrogen) atoms. The number of rotatable bonds is 8. The minimum atomic E-state index is -4.56. The second-order valence-electron chi connectivity index (χ2n) is 12.5. The first-order chi connectivity index (χ1) is 22.9. The molecule has 1 atom stereocenters. The van der Waals surface area contributed by atoms with Crippen molar-refractivity contribution in [3.63, 3.8) is 0 Å². The number of hydrogen-bond donors (Lipinski definition) is 2. The zero-order chi connectivity index (χ0) is 34.0. The van der Waals surface area contributed by atoms with E-state index in [0.717, 1.165) is 49.1 Å². The normalized spacial score (nSPS) is 15.1. The Bertz CT molecular complexity index is 2020. The topological polar surface area (TPSA) is 82.7 Å². The SMILES string of the molecule is Cc1ccc(C(=O)Nc2ccc(CN3CC[C@@H](CN(C)C)C3)c(C(F)(F)F)c2)cc1C#Cc1cnc2c(Nc3cnn(C)c3)cccn12. The summed E-state index contributed by atoms with van der Waals surface area (Å²) in [5, 5.41) is 10.2. The van der Waals surface area contributed by atoms with Crippen molar-refractivity contribution in [1.82, 2.24) is 29.0 Å². The molecule has 0 bridgehead atoms. The second-order valence-corrected chi connectivity index (χ2v) is 12.5. The summed E-state index contributed by atoms with van der Waals surface area (Å²) < 4.78 is 46.1. The van der Waals surface area contributed by atoms with Crippen molar-refractivity contribution >= 4 is 28.6 Å². The predicted octanol–water partition coefficient (Wildman–Crippen LogP) is 6.17. The van der Waals surface area contributed by atoms with Crippen LogP contribution in [0.1, 0.15) is 44.7 Å². The predicted molar refractivity (Wildman–Crippen MR) is 180 cm³/mol. The Labute approximate surface area is 277 Å². The van der Waals surface area contributed by atoms with Crippen LogP contribution in [0.25, 0.3) is 5.65 Å². The fourth-order valence-electron chi connectivity index (χ4n) is 6.09. The van der Waals surface area contributed by atoms with Gasteiger partial charge in [0.2, 0.25) is 0 Å². The van der Waals surface area contributed by atoms with Gasteiger partial charge in [0.1, 0.15) is 5.69 Å². The van der Waals surface area contributed by atoms with E-state index in [0.29, 0.717) is 22.8 Å². The first kappa shape index (κ1) is 32.8. The minimum Gasteiger partial charge on any atom is -0.350 e. The van der Waals surface area contributed by atoms with Gasteiger partial charge in [0.25, 0.3) is 5.91 Å². The fraction of sp³-hybridized carbons (Fsp3) is 0.306. The van der Waals surface area contributed by atoms with Crippen LogP contribution in [0.15, 0.2) is 73.3 Å². The summed E-state index contributed by atoms with van der Waals surface area (Å²) in [4.78, 5) is 22.0. The number of pyridine rings is 1. The maximum absolute atomic E-state index is 14.2. The molecule has 0 unspecified atom stereocenters. The molecule has 9 nitrogen and oxygen atoms in total. The zero-order valence-corrected chi connectivity index (χ0v) is 27.3. The van der Waals surface area contributed by atoms with Gasteiger partial charge >= 0.3 is 6.18 Å². The van der Waals surface area contributed by atoms with E-state index >= 15 is 0 Å². The highest BCUT2D eigenvalue weighted by molar-refractivity contribution is 6.04. The lowest BCUT2D eigenvalue weighted by molar-refractivity contribution is -0.138. The summed E-state index contributed by atoms with van der Waals surface area (Å²) >= 11 is 0. The summed E-state index contributed by atoms with van der Waals surface area (Å²) in [5.41, 5.74) is 4.25. The average molecular weight is 655 g/mol. The van der Waals surface area contributed by atoms with Crippen LogP contribution in [-0.2, 0) is 19.8 Å². The first-order valence-corrected chi connectivity index (χ1v) is 15.7. The van der Waals surface area contributed by atoms with Crippen molar-refractivity contribution in [3.8, 4) is 11.8 Å². The van der Waals surface area contributed by atoms with Crippen LogP contribution < -0.4 is 10.6 Å². The van der Waals surface area contributed by atoms with Crippen LogP contribution in [0.2, 0.25) is 0 Å². The van der Waals surface area contributed by atoms with Gasteiger partial charge in [-0.2, -0.15) is 18.3 Å². The third-order valence-corrected chi connectivity index (χ3v) is 8.41. The lowest BCUT2D eigenvalue weighted by Crippen LogP contribution is -2.26. The summed E-state index contributed by atoms with van der Waals surface area (Å²) in [7, 11) is 5.85. The number of amides is 1. The van der Waals surface area contributed by atoms with Gasteiger partial charge < -0.3 is 15.5 Å². The van der Waals surface area contributed by atoms with Gasteiger partial charge in [-0.05, 0) is 93.3 Å². The molecule has 6 rings (SSSR count). The Morgan fingerprint density at radius 1 is 1.08 bits per heavy atom. The molecule has 0 aliphatic carbocycles. The van der Waals surface area contributed by atoms with Crippen molar-refractivity contribution in [3.05, 3.63) is 107 Å². The van der Waals surface area contributed by atoms with Crippen molar-refractivity contribution in [2.75, 3.05) is 44.4 Å². The van der Waals surface area contributed by atoms with Gasteiger partial charge in [-0.25, -0.2) is 4.98 Å². The maximum Gasteiger partial charge on any atom is 0.416 e. The molecule has 0 spiro atoms. The highest BCUT2D eigenvalue weighted by Gasteiger charge is 2.35. The molecule has 1 aliphatic heterocycles. The van der Waals surface area contributed by atoms with Crippen LogP contribution >= 0.6 is 0 Å². The molecule has 2 N–H and O–H groups in total. The Morgan fingerprint density at radius 2 is 1.92 bits per heavy atom. The number of carbonyl (C=O) groups is 1. The van der Waals surface area contributed by atoms with E-state index in [1.54, 1.807) is 35.3 Å². The van der Waals surface area contributed by atoms with E-state index in [-0.39, 0.29) is 23.4 Å². The van der Waals surface area contributed by atoms with Crippen LogP contribution in [-0.4, -0.2) is 68.6 Å². The molecule has 2 aromatic carbocycles. The number of hydrogen-bond acceptors (Lipinski definition) is 6. The van der Waals surface area contributed by atoms with E-state index in [1.165, 1.54) is 12.1 Å². The second kappa shape index (κ2) is 13.5. The van der Waals surface area contributed by atoms with E-state index < -0.39 is 17.6 Å². The van der Waals surface area contributed by atoms with Crippen LogP contribution in [0, 0.1) is 24.7 Å². The van der Waals surface area contributed by atoms with Crippen molar-refractivity contribution in [2.45, 2.75) is 26.1 Å². The van der Waals surface area contributed by atoms with Gasteiger partial charge in [0, 0.05) is 55.9 Å². The number of carbonyl (C=O) groups excluding carboxylic acids is 1.